The summed E-state index contributed by atoms with van der Waals surface area (Å²) in [6, 6.07) is 2.47. The van der Waals surface area contributed by atoms with E-state index >= 15 is 0 Å². The normalized spacial score (nSPS) is 24.1. The topological polar surface area (TPSA) is 13.0 Å². The summed E-state index contributed by atoms with van der Waals surface area (Å²) < 4.78 is 0. The molecule has 0 N–H and O–H groups in total. The Morgan fingerprint density at radius 2 is 0.418 bits per heavy atom. The third-order valence-corrected chi connectivity index (χ3v) is 18.0. The highest BCUT2D eigenvalue weighted by molar-refractivity contribution is 4.79. The number of unbranched alkanes of at least 4 members (excludes halogenated alkanes) is 4. The fourth-order valence-corrected chi connectivity index (χ4v) is 13.5. The average Bonchev–Trinajstić information content (AvgIpc) is 3.31. The van der Waals surface area contributed by atoms with Crippen LogP contribution in [0.1, 0.15) is 328 Å². The van der Waals surface area contributed by atoms with Crippen LogP contribution in [0.25, 0.3) is 0 Å². The van der Waals surface area contributed by atoms with Crippen molar-refractivity contribution in [2.45, 2.75) is 346 Å². The molecule has 3 unspecified atom stereocenters. The van der Waals surface area contributed by atoms with Gasteiger partial charge in [0.1, 0.15) is 0 Å². The predicted molar refractivity (Wildman–Crippen MR) is 299 cm³/mol. The van der Waals surface area contributed by atoms with Crippen molar-refractivity contribution in [3.8, 4) is 0 Å². The molecular weight excluding hydrogens is 813 g/mol. The average molecular weight is 938 g/mol. The summed E-state index contributed by atoms with van der Waals surface area (Å²) in [5.74, 6) is 0. The van der Waals surface area contributed by atoms with E-state index in [9.17, 15) is 0 Å². The van der Waals surface area contributed by atoms with Crippen LogP contribution in [-0.2, 0) is 0 Å². The standard InChI is InChI=1S/C63H124N4/c1-2-3-46-61(65-55-39-26-18-10-5-11-19-27-40-56-65)47-32-33-48-62(66-57-41-28-20-12-6-13-21-29-42-58-66)49-34-35-50-63(67-59-43-30-22-14-7-15-23-31-44-60-67)51-36-45-54-64-52-37-24-16-8-4-9-17-25-38-53-64/h61-63H,2-60H2,1H3. The van der Waals surface area contributed by atoms with Crippen molar-refractivity contribution in [2.75, 3.05) is 58.9 Å². The second kappa shape index (κ2) is 43.4. The molecular formula is C63H124N4. The molecule has 4 aliphatic heterocycles. The molecule has 4 saturated heterocycles. The SMILES string of the molecule is CCCCC(CCCCC(CCCCC(CCCCN1CCCCCCCCCCC1)N1CCCCCCCCCCC1)N1CCCCCCCCCCC1)N1CCCCCCCCCCC1. The van der Waals surface area contributed by atoms with Crippen molar-refractivity contribution in [3.63, 3.8) is 0 Å². The molecule has 0 aliphatic carbocycles. The van der Waals surface area contributed by atoms with Gasteiger partial charge in [0.15, 0.2) is 0 Å². The molecule has 0 spiro atoms. The van der Waals surface area contributed by atoms with Crippen LogP contribution in [-0.4, -0.2) is 96.6 Å². The molecule has 3 atom stereocenters. The van der Waals surface area contributed by atoms with Crippen LogP contribution in [0.2, 0.25) is 0 Å². The summed E-state index contributed by atoms with van der Waals surface area (Å²) in [7, 11) is 0. The quantitative estimate of drug-likeness (QED) is 0.106. The van der Waals surface area contributed by atoms with Crippen LogP contribution >= 0.6 is 0 Å². The number of hydrogen-bond donors (Lipinski definition) is 0. The first kappa shape index (κ1) is 59.4. The van der Waals surface area contributed by atoms with Gasteiger partial charge in [-0.25, -0.2) is 0 Å². The van der Waals surface area contributed by atoms with E-state index < -0.39 is 0 Å². The van der Waals surface area contributed by atoms with Crippen molar-refractivity contribution in [2.24, 2.45) is 0 Å². The summed E-state index contributed by atoms with van der Waals surface area (Å²) in [5, 5.41) is 0. The molecule has 0 radical (unpaired) electrons. The molecule has 4 aliphatic rings. The summed E-state index contributed by atoms with van der Waals surface area (Å²) in [5.41, 5.74) is 0. The lowest BCUT2D eigenvalue weighted by atomic mass is 9.94. The fraction of sp³-hybridized carbons (Fsp3) is 1.00. The Kier molecular flexibility index (Phi) is 38.5. The Hall–Kier alpha value is -0.160. The largest absolute Gasteiger partial charge is 0.303 e. The van der Waals surface area contributed by atoms with Gasteiger partial charge in [-0.2, -0.15) is 0 Å². The van der Waals surface area contributed by atoms with Gasteiger partial charge in [-0.1, -0.05) is 232 Å². The zero-order chi connectivity index (χ0) is 46.8. The van der Waals surface area contributed by atoms with Crippen LogP contribution in [0.5, 0.6) is 0 Å². The lowest BCUT2D eigenvalue weighted by molar-refractivity contribution is 0.145. The zero-order valence-corrected chi connectivity index (χ0v) is 46.2. The third-order valence-electron chi connectivity index (χ3n) is 18.0. The fourth-order valence-electron chi connectivity index (χ4n) is 13.5. The van der Waals surface area contributed by atoms with E-state index in [1.807, 2.05) is 0 Å². The van der Waals surface area contributed by atoms with E-state index in [1.54, 1.807) is 0 Å². The number of nitrogens with zero attached hydrogens (tertiary/aromatic N) is 4. The van der Waals surface area contributed by atoms with E-state index in [0.717, 1.165) is 18.1 Å². The Morgan fingerprint density at radius 1 is 0.224 bits per heavy atom. The first-order chi connectivity index (χ1) is 33.3. The minimum atomic E-state index is 0.818. The van der Waals surface area contributed by atoms with Crippen LogP contribution < -0.4 is 0 Å². The second-order valence-electron chi connectivity index (χ2n) is 23.8. The Morgan fingerprint density at radius 3 is 0.657 bits per heavy atom. The van der Waals surface area contributed by atoms with E-state index in [1.165, 1.54) is 380 Å². The minimum absolute atomic E-state index is 0.818. The molecule has 4 heteroatoms. The van der Waals surface area contributed by atoms with Gasteiger partial charge in [-0.15, -0.1) is 0 Å². The van der Waals surface area contributed by atoms with Crippen LogP contribution in [0.4, 0.5) is 0 Å². The third kappa shape index (κ3) is 31.1. The van der Waals surface area contributed by atoms with Crippen molar-refractivity contribution in [1.82, 2.24) is 19.6 Å². The van der Waals surface area contributed by atoms with Gasteiger partial charge in [0.25, 0.3) is 0 Å². The molecule has 0 amide bonds. The van der Waals surface area contributed by atoms with Gasteiger partial charge in [0.2, 0.25) is 0 Å². The molecule has 0 aromatic heterocycles. The summed E-state index contributed by atoms with van der Waals surface area (Å²) in [6.07, 6.45) is 73.1. The van der Waals surface area contributed by atoms with Crippen molar-refractivity contribution < 1.29 is 0 Å². The van der Waals surface area contributed by atoms with Gasteiger partial charge in [-0.3, -0.25) is 0 Å². The molecule has 0 bridgehead atoms. The number of hydrogen-bond acceptors (Lipinski definition) is 4. The smallest absolute Gasteiger partial charge is 0.00952 e. The molecule has 0 aromatic carbocycles. The van der Waals surface area contributed by atoms with E-state index in [4.69, 9.17) is 0 Å². The summed E-state index contributed by atoms with van der Waals surface area (Å²) in [6.45, 7) is 14.8. The van der Waals surface area contributed by atoms with Crippen LogP contribution in [0.3, 0.4) is 0 Å². The molecule has 4 heterocycles. The maximum atomic E-state index is 3.10. The van der Waals surface area contributed by atoms with Crippen LogP contribution in [0.15, 0.2) is 0 Å². The highest BCUT2D eigenvalue weighted by atomic mass is 15.2. The van der Waals surface area contributed by atoms with Crippen molar-refractivity contribution in [3.05, 3.63) is 0 Å². The maximum absolute atomic E-state index is 3.10. The molecule has 4 fully saturated rings. The molecule has 0 saturated carbocycles. The highest BCUT2D eigenvalue weighted by Crippen LogP contribution is 2.27. The van der Waals surface area contributed by atoms with E-state index in [2.05, 4.69) is 26.5 Å². The molecule has 4 nitrogen and oxygen atoms in total. The Labute approximate surface area is 422 Å². The summed E-state index contributed by atoms with van der Waals surface area (Å²) >= 11 is 0. The van der Waals surface area contributed by atoms with Crippen LogP contribution in [0, 0.1) is 0 Å². The molecule has 4 rings (SSSR count). The summed E-state index contributed by atoms with van der Waals surface area (Å²) in [4.78, 5) is 12.1. The second-order valence-corrected chi connectivity index (χ2v) is 23.8. The maximum Gasteiger partial charge on any atom is 0.00952 e. The zero-order valence-electron chi connectivity index (χ0n) is 46.2. The van der Waals surface area contributed by atoms with Gasteiger partial charge in [-0.05, 0) is 155 Å². The van der Waals surface area contributed by atoms with Gasteiger partial charge in [0.05, 0.1) is 0 Å². The molecule has 0 aromatic rings. The monoisotopic (exact) mass is 937 g/mol. The first-order valence-electron chi connectivity index (χ1n) is 32.3. The van der Waals surface area contributed by atoms with Gasteiger partial charge < -0.3 is 19.6 Å². The van der Waals surface area contributed by atoms with Gasteiger partial charge in [0, 0.05) is 18.1 Å². The lowest BCUT2D eigenvalue weighted by Gasteiger charge is -2.35. The van der Waals surface area contributed by atoms with Crippen molar-refractivity contribution in [1.29, 1.82) is 0 Å². The molecule has 396 valence electrons. The van der Waals surface area contributed by atoms with Crippen molar-refractivity contribution >= 4 is 0 Å². The Bertz CT molecular complexity index is 985. The number of rotatable bonds is 21. The van der Waals surface area contributed by atoms with E-state index in [-0.39, 0.29) is 0 Å². The lowest BCUT2D eigenvalue weighted by Crippen LogP contribution is -2.38. The first-order valence-corrected chi connectivity index (χ1v) is 32.3. The van der Waals surface area contributed by atoms with E-state index in [0.29, 0.717) is 0 Å². The molecule has 67 heavy (non-hydrogen) atoms. The minimum Gasteiger partial charge on any atom is -0.303 e. The highest BCUT2D eigenvalue weighted by Gasteiger charge is 2.23. The Balaban J connectivity index is 1.37. The van der Waals surface area contributed by atoms with Gasteiger partial charge >= 0.3 is 0 Å². The predicted octanol–water partition coefficient (Wildman–Crippen LogP) is 18.9.